The van der Waals surface area contributed by atoms with Crippen LogP contribution in [0, 0.1) is 0 Å². The molecule has 1 atom stereocenters. The van der Waals surface area contributed by atoms with Gasteiger partial charge in [0.2, 0.25) is 0 Å². The van der Waals surface area contributed by atoms with Crippen molar-refractivity contribution in [2.75, 3.05) is 27.4 Å². The zero-order chi connectivity index (χ0) is 15.7. The van der Waals surface area contributed by atoms with Gasteiger partial charge in [-0.3, -0.25) is 4.79 Å². The van der Waals surface area contributed by atoms with Crippen LogP contribution in [-0.4, -0.2) is 39.4 Å². The normalized spacial score (nSPS) is 12.0. The van der Waals surface area contributed by atoms with Gasteiger partial charge >= 0.3 is 0 Å². The summed E-state index contributed by atoms with van der Waals surface area (Å²) in [6.07, 6.45) is -0.127. The Morgan fingerprint density at radius 3 is 2.71 bits per heavy atom. The van der Waals surface area contributed by atoms with Gasteiger partial charge in [-0.05, 0) is 12.5 Å². The van der Waals surface area contributed by atoms with Crippen LogP contribution in [0.15, 0.2) is 18.2 Å². The maximum absolute atomic E-state index is 11.3. The Bertz CT molecular complexity index is 451. The number of rotatable bonds is 10. The second-order valence-corrected chi connectivity index (χ2v) is 4.56. The van der Waals surface area contributed by atoms with E-state index in [1.165, 1.54) is 0 Å². The zero-order valence-electron chi connectivity index (χ0n) is 12.8. The number of hydrogen-bond acceptors (Lipinski definition) is 5. The van der Waals surface area contributed by atoms with Gasteiger partial charge < -0.3 is 25.3 Å². The Labute approximate surface area is 125 Å². The molecule has 0 aromatic heterocycles. The van der Waals surface area contributed by atoms with E-state index in [4.69, 9.17) is 19.9 Å². The van der Waals surface area contributed by atoms with E-state index in [9.17, 15) is 4.79 Å². The summed E-state index contributed by atoms with van der Waals surface area (Å²) in [6, 6.07) is 5.52. The summed E-state index contributed by atoms with van der Waals surface area (Å²) in [6.45, 7) is 3.82. The molecule has 21 heavy (non-hydrogen) atoms. The molecule has 0 saturated carbocycles. The lowest BCUT2D eigenvalue weighted by Gasteiger charge is -2.18. The highest BCUT2D eigenvalue weighted by molar-refractivity contribution is 5.79. The summed E-state index contributed by atoms with van der Waals surface area (Å²) in [5.41, 5.74) is 6.26. The number of methoxy groups -OCH3 is 2. The van der Waals surface area contributed by atoms with Gasteiger partial charge in [0.15, 0.2) is 6.10 Å². The average Bonchev–Trinajstić information content (AvgIpc) is 2.49. The molecule has 118 valence electrons. The number of primary amides is 1. The van der Waals surface area contributed by atoms with Gasteiger partial charge in [-0.15, -0.1) is 0 Å². The molecule has 0 fully saturated rings. The van der Waals surface area contributed by atoms with Gasteiger partial charge in [0.1, 0.15) is 11.5 Å². The molecule has 3 N–H and O–H groups in total. The second kappa shape index (κ2) is 9.20. The first kappa shape index (κ1) is 17.3. The molecule has 1 aromatic carbocycles. The van der Waals surface area contributed by atoms with E-state index in [-0.39, 0.29) is 0 Å². The van der Waals surface area contributed by atoms with Crippen LogP contribution < -0.4 is 20.5 Å². The third kappa shape index (κ3) is 5.61. The molecule has 0 radical (unpaired) electrons. The molecule has 6 heteroatoms. The smallest absolute Gasteiger partial charge is 0.258 e. The summed E-state index contributed by atoms with van der Waals surface area (Å²) in [5, 5.41) is 3.24. The summed E-state index contributed by atoms with van der Waals surface area (Å²) in [5.74, 6) is 0.800. The van der Waals surface area contributed by atoms with Crippen molar-refractivity contribution in [3.8, 4) is 11.5 Å². The van der Waals surface area contributed by atoms with E-state index in [1.54, 1.807) is 20.3 Å². The number of benzene rings is 1. The van der Waals surface area contributed by atoms with Crippen LogP contribution in [-0.2, 0) is 16.1 Å². The van der Waals surface area contributed by atoms with Crippen LogP contribution in [0.1, 0.15) is 18.9 Å². The highest BCUT2D eigenvalue weighted by atomic mass is 16.5. The molecular formula is C15H24N2O4. The predicted molar refractivity (Wildman–Crippen MR) is 80.5 cm³/mol. The van der Waals surface area contributed by atoms with Crippen molar-refractivity contribution in [3.05, 3.63) is 23.8 Å². The van der Waals surface area contributed by atoms with Crippen molar-refractivity contribution in [3.63, 3.8) is 0 Å². The van der Waals surface area contributed by atoms with Gasteiger partial charge in [0, 0.05) is 31.8 Å². The van der Waals surface area contributed by atoms with Crippen LogP contribution >= 0.6 is 0 Å². The molecule has 6 nitrogen and oxygen atoms in total. The Hall–Kier alpha value is -1.79. The minimum absolute atomic E-state index is 0.474. The molecule has 1 rings (SSSR count). The predicted octanol–water partition coefficient (Wildman–Crippen LogP) is 1.07. The maximum Gasteiger partial charge on any atom is 0.258 e. The summed E-state index contributed by atoms with van der Waals surface area (Å²) >= 11 is 0. The fraction of sp³-hybridized carbons (Fsp3) is 0.533. The first-order chi connectivity index (χ1) is 10.1. The van der Waals surface area contributed by atoms with E-state index in [0.717, 1.165) is 12.1 Å². The van der Waals surface area contributed by atoms with Gasteiger partial charge in [0.05, 0.1) is 13.7 Å². The Kier molecular flexibility index (Phi) is 7.56. The van der Waals surface area contributed by atoms with Crippen molar-refractivity contribution in [2.24, 2.45) is 5.73 Å². The van der Waals surface area contributed by atoms with Gasteiger partial charge in [-0.25, -0.2) is 0 Å². The third-order valence-electron chi connectivity index (χ3n) is 3.03. The first-order valence-electron chi connectivity index (χ1n) is 6.94. The van der Waals surface area contributed by atoms with Crippen LogP contribution in [0.4, 0.5) is 0 Å². The second-order valence-electron chi connectivity index (χ2n) is 4.56. The lowest BCUT2D eigenvalue weighted by Crippen LogP contribution is -2.33. The topological polar surface area (TPSA) is 82.8 Å². The molecule has 1 unspecified atom stereocenters. The van der Waals surface area contributed by atoms with Crippen molar-refractivity contribution in [1.29, 1.82) is 0 Å². The lowest BCUT2D eigenvalue weighted by molar-refractivity contribution is -0.124. The average molecular weight is 296 g/mol. The number of amides is 1. The molecule has 1 aromatic rings. The molecule has 0 aliphatic rings. The summed E-state index contributed by atoms with van der Waals surface area (Å²) in [4.78, 5) is 11.3. The lowest BCUT2D eigenvalue weighted by atomic mass is 10.1. The standard InChI is InChI=1S/C15H24N2O4/c1-4-13(15(16)18)21-14-9-12(20-3)6-5-11(14)10-17-7-8-19-2/h5-6,9,13,17H,4,7-8,10H2,1-3H3,(H2,16,18). The molecule has 0 saturated heterocycles. The maximum atomic E-state index is 11.3. The first-order valence-corrected chi connectivity index (χ1v) is 6.94. The minimum atomic E-state index is -0.644. The minimum Gasteiger partial charge on any atom is -0.497 e. The van der Waals surface area contributed by atoms with Crippen LogP contribution in [0.3, 0.4) is 0 Å². The molecule has 0 aliphatic heterocycles. The van der Waals surface area contributed by atoms with Crippen LogP contribution in [0.25, 0.3) is 0 Å². The van der Waals surface area contributed by atoms with E-state index in [2.05, 4.69) is 5.32 Å². The molecular weight excluding hydrogens is 272 g/mol. The van der Waals surface area contributed by atoms with Crippen molar-refractivity contribution >= 4 is 5.91 Å². The van der Waals surface area contributed by atoms with E-state index in [0.29, 0.717) is 31.1 Å². The number of carbonyl (C=O) groups is 1. The molecule has 0 heterocycles. The molecule has 0 spiro atoms. The van der Waals surface area contributed by atoms with Gasteiger partial charge in [-0.1, -0.05) is 13.0 Å². The molecule has 1 amide bonds. The van der Waals surface area contributed by atoms with Crippen molar-refractivity contribution in [1.82, 2.24) is 5.32 Å². The molecule has 0 aliphatic carbocycles. The quantitative estimate of drug-likeness (QED) is 0.631. The Morgan fingerprint density at radius 2 is 2.14 bits per heavy atom. The Morgan fingerprint density at radius 1 is 1.38 bits per heavy atom. The van der Waals surface area contributed by atoms with E-state index >= 15 is 0 Å². The number of ether oxygens (including phenoxy) is 3. The third-order valence-corrected chi connectivity index (χ3v) is 3.03. The highest BCUT2D eigenvalue weighted by Gasteiger charge is 2.17. The largest absolute Gasteiger partial charge is 0.497 e. The summed E-state index contributed by atoms with van der Waals surface area (Å²) < 4.78 is 15.9. The fourth-order valence-corrected chi connectivity index (χ4v) is 1.81. The number of nitrogens with two attached hydrogens (primary N) is 1. The van der Waals surface area contributed by atoms with Gasteiger partial charge in [0.25, 0.3) is 5.91 Å². The Balaban J connectivity index is 2.83. The number of carbonyl (C=O) groups excluding carboxylic acids is 1. The molecule has 0 bridgehead atoms. The SMILES string of the molecule is CCC(Oc1cc(OC)ccc1CNCCOC)C(N)=O. The van der Waals surface area contributed by atoms with Crippen LogP contribution in [0.2, 0.25) is 0 Å². The zero-order valence-corrected chi connectivity index (χ0v) is 12.8. The van der Waals surface area contributed by atoms with E-state index in [1.807, 2.05) is 19.1 Å². The summed E-state index contributed by atoms with van der Waals surface area (Å²) in [7, 11) is 3.24. The number of nitrogens with one attached hydrogen (secondary N) is 1. The van der Waals surface area contributed by atoms with E-state index < -0.39 is 12.0 Å². The van der Waals surface area contributed by atoms with Crippen molar-refractivity contribution in [2.45, 2.75) is 26.0 Å². The fourth-order valence-electron chi connectivity index (χ4n) is 1.81. The number of hydrogen-bond donors (Lipinski definition) is 2. The van der Waals surface area contributed by atoms with Gasteiger partial charge in [-0.2, -0.15) is 0 Å². The highest BCUT2D eigenvalue weighted by Crippen LogP contribution is 2.26. The van der Waals surface area contributed by atoms with Crippen molar-refractivity contribution < 1.29 is 19.0 Å². The van der Waals surface area contributed by atoms with Crippen LogP contribution in [0.5, 0.6) is 11.5 Å². The monoisotopic (exact) mass is 296 g/mol.